The smallest absolute Gasteiger partial charge is 0.269 e. The second-order valence-corrected chi connectivity index (χ2v) is 8.80. The summed E-state index contributed by atoms with van der Waals surface area (Å²) >= 11 is 0. The van der Waals surface area contributed by atoms with E-state index >= 15 is 0 Å². The summed E-state index contributed by atoms with van der Waals surface area (Å²) in [4.78, 5) is 21.4. The third-order valence-corrected chi connectivity index (χ3v) is 5.68. The predicted octanol–water partition coefficient (Wildman–Crippen LogP) is 2.43. The number of benzene rings is 2. The molecule has 174 valence electrons. The molecule has 0 aliphatic carbocycles. The van der Waals surface area contributed by atoms with Gasteiger partial charge in [-0.15, -0.1) is 0 Å². The molecule has 0 saturated carbocycles. The number of ether oxygens (including phenoxy) is 1. The molecule has 0 bridgehead atoms. The van der Waals surface area contributed by atoms with Crippen LogP contribution in [0.5, 0.6) is 5.75 Å². The first-order chi connectivity index (χ1) is 16.7. The van der Waals surface area contributed by atoms with Gasteiger partial charge in [-0.05, 0) is 50.2 Å². The number of aliphatic hydroxyl groups is 1. The lowest BCUT2D eigenvalue weighted by atomic mass is 10.1. The molecule has 2 aromatic carbocycles. The third-order valence-electron chi connectivity index (χ3n) is 5.68. The number of imidazole rings is 2. The van der Waals surface area contributed by atoms with E-state index in [9.17, 15) is 15.2 Å². The third kappa shape index (κ3) is 4.21. The van der Waals surface area contributed by atoms with Crippen LogP contribution in [0.1, 0.15) is 41.2 Å². The molecular formula is C26H22N6O3. The summed E-state index contributed by atoms with van der Waals surface area (Å²) in [6.07, 6.45) is 1.67. The maximum absolute atomic E-state index is 12.4. The zero-order valence-electron chi connectivity index (χ0n) is 19.2. The number of amides is 1. The van der Waals surface area contributed by atoms with Crippen LogP contribution in [0.2, 0.25) is 0 Å². The van der Waals surface area contributed by atoms with Crippen molar-refractivity contribution in [3.8, 4) is 35.0 Å². The summed E-state index contributed by atoms with van der Waals surface area (Å²) in [6.45, 7) is 4.35. The number of rotatable bonds is 3. The van der Waals surface area contributed by atoms with E-state index < -0.39 is 11.5 Å². The lowest BCUT2D eigenvalue weighted by Crippen LogP contribution is -2.18. The Morgan fingerprint density at radius 1 is 1.26 bits per heavy atom. The fourth-order valence-electron chi connectivity index (χ4n) is 4.08. The average Bonchev–Trinajstić information content (AvgIpc) is 3.33. The molecule has 4 aromatic rings. The minimum Gasteiger partial charge on any atom is -0.491 e. The fourth-order valence-corrected chi connectivity index (χ4v) is 4.08. The number of fused-ring (bicyclic) bond motifs is 4. The van der Waals surface area contributed by atoms with Crippen LogP contribution in [0, 0.1) is 23.2 Å². The van der Waals surface area contributed by atoms with Crippen molar-refractivity contribution in [2.75, 3.05) is 6.61 Å². The van der Waals surface area contributed by atoms with Gasteiger partial charge in [-0.25, -0.2) is 9.97 Å². The van der Waals surface area contributed by atoms with Gasteiger partial charge in [0.25, 0.3) is 5.91 Å². The number of primary amides is 1. The number of nitriles is 1. The Balaban J connectivity index is 1.64. The molecule has 9 nitrogen and oxygen atoms in total. The van der Waals surface area contributed by atoms with Crippen molar-refractivity contribution in [3.63, 3.8) is 0 Å². The van der Waals surface area contributed by atoms with Gasteiger partial charge in [-0.2, -0.15) is 5.26 Å². The van der Waals surface area contributed by atoms with Crippen LogP contribution in [0.25, 0.3) is 22.4 Å². The maximum Gasteiger partial charge on any atom is 0.269 e. The van der Waals surface area contributed by atoms with Gasteiger partial charge in [0.05, 0.1) is 53.3 Å². The zero-order chi connectivity index (χ0) is 24.7. The highest BCUT2D eigenvalue weighted by atomic mass is 16.5. The Morgan fingerprint density at radius 2 is 2.06 bits per heavy atom. The van der Waals surface area contributed by atoms with E-state index in [1.807, 2.05) is 27.3 Å². The van der Waals surface area contributed by atoms with Crippen molar-refractivity contribution in [2.24, 2.45) is 5.73 Å². The molecule has 0 radical (unpaired) electrons. The van der Waals surface area contributed by atoms with Gasteiger partial charge in [-0.1, -0.05) is 11.8 Å². The van der Waals surface area contributed by atoms with Crippen LogP contribution in [0.3, 0.4) is 0 Å². The second-order valence-electron chi connectivity index (χ2n) is 8.80. The minimum absolute atomic E-state index is 0.166. The maximum atomic E-state index is 12.4. The molecule has 0 atom stereocenters. The summed E-state index contributed by atoms with van der Waals surface area (Å²) in [5.41, 5.74) is 8.78. The van der Waals surface area contributed by atoms with E-state index in [1.54, 1.807) is 38.4 Å². The summed E-state index contributed by atoms with van der Waals surface area (Å²) in [7, 11) is 0. The summed E-state index contributed by atoms with van der Waals surface area (Å²) < 4.78 is 9.75. The first kappa shape index (κ1) is 22.2. The molecule has 0 unspecified atom stereocenters. The quantitative estimate of drug-likeness (QED) is 0.446. The number of hydrogen-bond donors (Lipinski definition) is 2. The highest BCUT2D eigenvalue weighted by Crippen LogP contribution is 2.34. The largest absolute Gasteiger partial charge is 0.491 e. The van der Waals surface area contributed by atoms with Crippen LogP contribution in [0.4, 0.5) is 0 Å². The number of hydrogen-bond acceptors (Lipinski definition) is 6. The van der Waals surface area contributed by atoms with Crippen LogP contribution in [-0.4, -0.2) is 42.3 Å². The molecular weight excluding hydrogens is 444 g/mol. The SMILES string of the molecule is CC(C)(O)C#Cc1ccc2c(c1)-c1nc(C(N)=O)c(Cn3cnc4ccc(C#N)cc43)n1CCO2. The van der Waals surface area contributed by atoms with Gasteiger partial charge in [0.1, 0.15) is 23.8 Å². The Hall–Kier alpha value is -4.60. The molecule has 1 aliphatic rings. The van der Waals surface area contributed by atoms with Gasteiger partial charge in [-0.3, -0.25) is 4.79 Å². The van der Waals surface area contributed by atoms with E-state index in [4.69, 9.17) is 10.5 Å². The molecule has 0 fully saturated rings. The molecule has 35 heavy (non-hydrogen) atoms. The van der Waals surface area contributed by atoms with Gasteiger partial charge < -0.3 is 24.7 Å². The summed E-state index contributed by atoms with van der Waals surface area (Å²) in [5, 5.41) is 19.3. The highest BCUT2D eigenvalue weighted by Gasteiger charge is 2.26. The Kier molecular flexibility index (Phi) is 5.28. The van der Waals surface area contributed by atoms with Crippen molar-refractivity contribution < 1.29 is 14.6 Å². The average molecular weight is 467 g/mol. The Bertz CT molecular complexity index is 1590. The number of carbonyl (C=O) groups is 1. The molecule has 0 saturated heterocycles. The lowest BCUT2D eigenvalue weighted by Gasteiger charge is -2.11. The highest BCUT2D eigenvalue weighted by molar-refractivity contribution is 5.93. The normalized spacial score (nSPS) is 12.5. The van der Waals surface area contributed by atoms with E-state index in [0.717, 1.165) is 11.0 Å². The number of aromatic nitrogens is 4. The number of carbonyl (C=O) groups excluding carboxylic acids is 1. The van der Waals surface area contributed by atoms with Crippen LogP contribution >= 0.6 is 0 Å². The van der Waals surface area contributed by atoms with Crippen LogP contribution in [0.15, 0.2) is 42.7 Å². The molecule has 1 aliphatic heterocycles. The first-order valence-electron chi connectivity index (χ1n) is 11.0. The van der Waals surface area contributed by atoms with Gasteiger partial charge in [0, 0.05) is 5.56 Å². The monoisotopic (exact) mass is 466 g/mol. The van der Waals surface area contributed by atoms with E-state index in [2.05, 4.69) is 27.9 Å². The Labute approximate surface area is 201 Å². The van der Waals surface area contributed by atoms with Gasteiger partial charge in [0.15, 0.2) is 5.69 Å². The summed E-state index contributed by atoms with van der Waals surface area (Å²) in [6, 6.07) is 12.9. The van der Waals surface area contributed by atoms with Crippen molar-refractivity contribution in [1.29, 1.82) is 5.26 Å². The van der Waals surface area contributed by atoms with Crippen molar-refractivity contribution in [3.05, 3.63) is 65.2 Å². The minimum atomic E-state index is -1.13. The predicted molar refractivity (Wildman–Crippen MR) is 128 cm³/mol. The standard InChI is InChI=1S/C26H22N6O3/c1-26(2,34)8-7-16-4-6-22-18(11-16)25-30-23(24(28)33)21(32(25)9-10-35-22)14-31-15-29-19-5-3-17(13-27)12-20(19)31/h3-6,11-12,15,34H,9-10,14H2,1-2H3,(H2,28,33). The molecule has 9 heteroatoms. The molecule has 2 aromatic heterocycles. The second kappa shape index (κ2) is 8.32. The molecule has 3 N–H and O–H groups in total. The van der Waals surface area contributed by atoms with Crippen molar-refractivity contribution in [1.82, 2.24) is 19.1 Å². The molecule has 5 rings (SSSR count). The summed E-state index contributed by atoms with van der Waals surface area (Å²) in [5.74, 6) is 6.32. The van der Waals surface area contributed by atoms with Crippen molar-refractivity contribution in [2.45, 2.75) is 32.5 Å². The first-order valence-corrected chi connectivity index (χ1v) is 11.0. The fraction of sp³-hybridized carbons (Fsp3) is 0.231. The van der Waals surface area contributed by atoms with Crippen LogP contribution < -0.4 is 10.5 Å². The topological polar surface area (TPSA) is 132 Å². The van der Waals surface area contributed by atoms with Gasteiger partial charge in [0.2, 0.25) is 0 Å². The molecule has 1 amide bonds. The van der Waals surface area contributed by atoms with E-state index in [0.29, 0.717) is 47.1 Å². The number of nitrogens with two attached hydrogens (primary N) is 1. The zero-order valence-corrected chi connectivity index (χ0v) is 19.2. The van der Waals surface area contributed by atoms with E-state index in [1.165, 1.54) is 0 Å². The molecule has 0 spiro atoms. The van der Waals surface area contributed by atoms with Gasteiger partial charge >= 0.3 is 0 Å². The van der Waals surface area contributed by atoms with E-state index in [-0.39, 0.29) is 12.2 Å². The Morgan fingerprint density at radius 3 is 2.80 bits per heavy atom. The number of nitrogens with zero attached hydrogens (tertiary/aromatic N) is 5. The van der Waals surface area contributed by atoms with Crippen LogP contribution in [-0.2, 0) is 13.1 Å². The molecule has 3 heterocycles. The lowest BCUT2D eigenvalue weighted by molar-refractivity contribution is 0.0994. The van der Waals surface area contributed by atoms with Crippen molar-refractivity contribution >= 4 is 16.9 Å².